The quantitative estimate of drug-likeness (QED) is 0.826. The second kappa shape index (κ2) is 5.76. The summed E-state index contributed by atoms with van der Waals surface area (Å²) in [5.41, 5.74) is 2.21. The van der Waals surface area contributed by atoms with Gasteiger partial charge >= 0.3 is 0 Å². The SMILES string of the molecule is Cc1cc(C(=O)N(C)Cc2cccc(Cl)c2)sc1C. The summed E-state index contributed by atoms with van der Waals surface area (Å²) in [5, 5.41) is 0.696. The van der Waals surface area contributed by atoms with Gasteiger partial charge in [0.05, 0.1) is 4.88 Å². The molecule has 0 saturated heterocycles. The lowest BCUT2D eigenvalue weighted by molar-refractivity contribution is 0.0790. The van der Waals surface area contributed by atoms with Gasteiger partial charge in [0.1, 0.15) is 0 Å². The van der Waals surface area contributed by atoms with Crippen LogP contribution in [0.5, 0.6) is 0 Å². The number of carbonyl (C=O) groups is 1. The number of carbonyl (C=O) groups excluding carboxylic acids is 1. The van der Waals surface area contributed by atoms with Crippen molar-refractivity contribution in [1.29, 1.82) is 0 Å². The van der Waals surface area contributed by atoms with Gasteiger partial charge in [0.15, 0.2) is 0 Å². The molecule has 2 aromatic rings. The lowest BCUT2D eigenvalue weighted by atomic mass is 10.2. The Morgan fingerprint density at radius 3 is 2.63 bits per heavy atom. The molecule has 2 rings (SSSR count). The van der Waals surface area contributed by atoms with E-state index in [4.69, 9.17) is 11.6 Å². The fraction of sp³-hybridized carbons (Fsp3) is 0.267. The second-order valence-corrected chi connectivity index (χ2v) is 6.33. The third kappa shape index (κ3) is 3.37. The van der Waals surface area contributed by atoms with Crippen LogP contribution >= 0.6 is 22.9 Å². The van der Waals surface area contributed by atoms with Crippen LogP contribution < -0.4 is 0 Å². The van der Waals surface area contributed by atoms with E-state index < -0.39 is 0 Å². The fourth-order valence-corrected chi connectivity index (χ4v) is 3.09. The minimum absolute atomic E-state index is 0.0566. The highest BCUT2D eigenvalue weighted by molar-refractivity contribution is 7.14. The molecule has 0 aliphatic heterocycles. The Balaban J connectivity index is 2.11. The molecule has 0 bridgehead atoms. The molecule has 0 aliphatic rings. The summed E-state index contributed by atoms with van der Waals surface area (Å²) in [5.74, 6) is 0.0566. The minimum atomic E-state index is 0.0566. The van der Waals surface area contributed by atoms with Gasteiger partial charge in [0.25, 0.3) is 5.91 Å². The maximum absolute atomic E-state index is 12.3. The first kappa shape index (κ1) is 14.1. The second-order valence-electron chi connectivity index (χ2n) is 4.64. The maximum Gasteiger partial charge on any atom is 0.263 e. The zero-order valence-corrected chi connectivity index (χ0v) is 12.8. The molecule has 0 saturated carbocycles. The van der Waals surface area contributed by atoms with Crippen LogP contribution in [0.4, 0.5) is 0 Å². The first-order valence-electron chi connectivity index (χ1n) is 6.04. The topological polar surface area (TPSA) is 20.3 Å². The highest BCUT2D eigenvalue weighted by atomic mass is 35.5. The predicted molar refractivity (Wildman–Crippen MR) is 81.0 cm³/mol. The summed E-state index contributed by atoms with van der Waals surface area (Å²) in [4.78, 5) is 16.0. The van der Waals surface area contributed by atoms with E-state index in [2.05, 4.69) is 0 Å². The van der Waals surface area contributed by atoms with Crippen LogP contribution in [0.2, 0.25) is 5.02 Å². The zero-order chi connectivity index (χ0) is 14.0. The molecule has 1 aromatic heterocycles. The number of nitrogens with zero attached hydrogens (tertiary/aromatic N) is 1. The summed E-state index contributed by atoms with van der Waals surface area (Å²) >= 11 is 7.49. The van der Waals surface area contributed by atoms with E-state index >= 15 is 0 Å². The number of hydrogen-bond acceptors (Lipinski definition) is 2. The summed E-state index contributed by atoms with van der Waals surface area (Å²) in [7, 11) is 1.81. The molecule has 1 heterocycles. The van der Waals surface area contributed by atoms with E-state index in [1.54, 1.807) is 16.2 Å². The molecule has 1 aromatic carbocycles. The summed E-state index contributed by atoms with van der Waals surface area (Å²) < 4.78 is 0. The Kier molecular flexibility index (Phi) is 4.27. The normalized spacial score (nSPS) is 10.5. The molecule has 0 radical (unpaired) electrons. The van der Waals surface area contributed by atoms with Crippen molar-refractivity contribution in [2.75, 3.05) is 7.05 Å². The van der Waals surface area contributed by atoms with Crippen LogP contribution in [0.3, 0.4) is 0 Å². The van der Waals surface area contributed by atoms with Crippen molar-refractivity contribution >= 4 is 28.8 Å². The predicted octanol–water partition coefficient (Wildman–Crippen LogP) is 4.29. The minimum Gasteiger partial charge on any atom is -0.337 e. The van der Waals surface area contributed by atoms with Crippen molar-refractivity contribution in [3.63, 3.8) is 0 Å². The first-order chi connectivity index (χ1) is 8.97. The van der Waals surface area contributed by atoms with Crippen LogP contribution in [-0.2, 0) is 6.54 Å². The van der Waals surface area contributed by atoms with Crippen molar-refractivity contribution in [1.82, 2.24) is 4.90 Å². The number of rotatable bonds is 3. The molecule has 100 valence electrons. The summed E-state index contributed by atoms with van der Waals surface area (Å²) in [6.07, 6.45) is 0. The number of halogens is 1. The van der Waals surface area contributed by atoms with E-state index in [1.807, 2.05) is 51.2 Å². The van der Waals surface area contributed by atoms with Crippen molar-refractivity contribution in [3.05, 3.63) is 56.2 Å². The van der Waals surface area contributed by atoms with Gasteiger partial charge < -0.3 is 4.90 Å². The number of aryl methyl sites for hydroxylation is 2. The summed E-state index contributed by atoms with van der Waals surface area (Å²) in [6.45, 7) is 4.63. The van der Waals surface area contributed by atoms with Gasteiger partial charge in [0, 0.05) is 23.5 Å². The molecule has 2 nitrogen and oxygen atoms in total. The van der Waals surface area contributed by atoms with Gasteiger partial charge in [-0.05, 0) is 43.2 Å². The van der Waals surface area contributed by atoms with Crippen molar-refractivity contribution in [3.8, 4) is 0 Å². The van der Waals surface area contributed by atoms with Crippen LogP contribution in [0.25, 0.3) is 0 Å². The van der Waals surface area contributed by atoms with Gasteiger partial charge in [0.2, 0.25) is 0 Å². The highest BCUT2D eigenvalue weighted by Gasteiger charge is 2.15. The zero-order valence-electron chi connectivity index (χ0n) is 11.2. The van der Waals surface area contributed by atoms with Gasteiger partial charge in [-0.1, -0.05) is 23.7 Å². The van der Waals surface area contributed by atoms with Crippen molar-refractivity contribution < 1.29 is 4.79 Å². The van der Waals surface area contributed by atoms with Crippen LogP contribution in [-0.4, -0.2) is 17.9 Å². The molecule has 0 aliphatic carbocycles. The molecule has 0 fully saturated rings. The molecular weight excluding hydrogens is 278 g/mol. The first-order valence-corrected chi connectivity index (χ1v) is 7.24. The van der Waals surface area contributed by atoms with E-state index in [9.17, 15) is 4.79 Å². The molecule has 0 spiro atoms. The standard InChI is InChI=1S/C15H16ClNOS/c1-10-7-14(19-11(10)2)15(18)17(3)9-12-5-4-6-13(16)8-12/h4-8H,9H2,1-3H3. The van der Waals surface area contributed by atoms with Crippen LogP contribution in [0, 0.1) is 13.8 Å². The van der Waals surface area contributed by atoms with Gasteiger partial charge in [-0.25, -0.2) is 0 Å². The number of amides is 1. The van der Waals surface area contributed by atoms with E-state index in [1.165, 1.54) is 10.4 Å². The van der Waals surface area contributed by atoms with Crippen molar-refractivity contribution in [2.45, 2.75) is 20.4 Å². The molecule has 4 heteroatoms. The Morgan fingerprint density at radius 1 is 1.32 bits per heavy atom. The van der Waals surface area contributed by atoms with Crippen LogP contribution in [0.1, 0.15) is 25.7 Å². The lowest BCUT2D eigenvalue weighted by Gasteiger charge is -2.16. The van der Waals surface area contributed by atoms with Crippen LogP contribution in [0.15, 0.2) is 30.3 Å². The molecule has 0 atom stereocenters. The third-order valence-electron chi connectivity index (χ3n) is 3.03. The molecule has 1 amide bonds. The lowest BCUT2D eigenvalue weighted by Crippen LogP contribution is -2.25. The molecule has 0 N–H and O–H groups in total. The maximum atomic E-state index is 12.3. The van der Waals surface area contributed by atoms with E-state index in [0.29, 0.717) is 11.6 Å². The van der Waals surface area contributed by atoms with E-state index in [-0.39, 0.29) is 5.91 Å². The van der Waals surface area contributed by atoms with Gasteiger partial charge in [-0.2, -0.15) is 0 Å². The highest BCUT2D eigenvalue weighted by Crippen LogP contribution is 2.22. The van der Waals surface area contributed by atoms with E-state index in [0.717, 1.165) is 10.4 Å². The Bertz CT molecular complexity index is 586. The number of hydrogen-bond donors (Lipinski definition) is 0. The largest absolute Gasteiger partial charge is 0.337 e. The summed E-state index contributed by atoms with van der Waals surface area (Å²) in [6, 6.07) is 9.54. The molecule has 0 unspecified atom stereocenters. The Hall–Kier alpha value is -1.32. The third-order valence-corrected chi connectivity index (χ3v) is 4.41. The fourth-order valence-electron chi connectivity index (χ4n) is 1.85. The number of benzene rings is 1. The molecular formula is C15H16ClNOS. The molecule has 19 heavy (non-hydrogen) atoms. The Morgan fingerprint density at radius 2 is 2.05 bits per heavy atom. The average molecular weight is 294 g/mol. The smallest absolute Gasteiger partial charge is 0.263 e. The monoisotopic (exact) mass is 293 g/mol. The van der Waals surface area contributed by atoms with Gasteiger partial charge in [-0.3, -0.25) is 4.79 Å². The van der Waals surface area contributed by atoms with Crippen molar-refractivity contribution in [2.24, 2.45) is 0 Å². The Labute approximate surface area is 122 Å². The number of thiophene rings is 1. The van der Waals surface area contributed by atoms with Gasteiger partial charge in [-0.15, -0.1) is 11.3 Å². The average Bonchev–Trinajstić information content (AvgIpc) is 2.68.